The van der Waals surface area contributed by atoms with E-state index in [1.165, 1.54) is 43.2 Å². The van der Waals surface area contributed by atoms with Crippen molar-refractivity contribution >= 4 is 0 Å². The Morgan fingerprint density at radius 2 is 1.90 bits per heavy atom. The number of benzene rings is 1. The zero-order valence-corrected chi connectivity index (χ0v) is 20.3. The number of hydrogen-bond donors (Lipinski definition) is 1. The van der Waals surface area contributed by atoms with Gasteiger partial charge in [0.25, 0.3) is 0 Å². The molecule has 0 aliphatic heterocycles. The van der Waals surface area contributed by atoms with Crippen LogP contribution in [0.3, 0.4) is 0 Å². The van der Waals surface area contributed by atoms with Crippen LogP contribution in [0.25, 0.3) is 0 Å². The molecule has 1 aromatic rings. The van der Waals surface area contributed by atoms with Crippen molar-refractivity contribution in [2.24, 2.45) is 17.3 Å². The van der Waals surface area contributed by atoms with Gasteiger partial charge >= 0.3 is 0 Å². The van der Waals surface area contributed by atoms with Crippen LogP contribution in [0.15, 0.2) is 23.8 Å². The predicted molar refractivity (Wildman–Crippen MR) is 128 cm³/mol. The highest BCUT2D eigenvalue weighted by Crippen LogP contribution is 2.62. The molecule has 1 N–H and O–H groups in total. The SMILES string of the molecule is CN(C)CCOC/C=C1\CCC2C3CCc4cc(O)c(CN(C)C)cc4C3CCC12C. The second-order valence-electron chi connectivity index (χ2n) is 10.9. The van der Waals surface area contributed by atoms with Crippen LogP contribution in [-0.2, 0) is 17.7 Å². The fourth-order valence-corrected chi connectivity index (χ4v) is 6.80. The van der Waals surface area contributed by atoms with E-state index in [1.54, 1.807) is 5.57 Å². The molecule has 4 nitrogen and oxygen atoms in total. The van der Waals surface area contributed by atoms with E-state index in [0.29, 0.717) is 17.1 Å². The number of allylic oxidation sites excluding steroid dienone is 1. The summed E-state index contributed by atoms with van der Waals surface area (Å²) in [5.41, 5.74) is 6.03. The van der Waals surface area contributed by atoms with Gasteiger partial charge in [-0.2, -0.15) is 0 Å². The molecule has 4 unspecified atom stereocenters. The predicted octanol–water partition coefficient (Wildman–Crippen LogP) is 4.81. The average Bonchev–Trinajstić information content (AvgIpc) is 3.04. The van der Waals surface area contributed by atoms with Crippen LogP contribution in [-0.4, -0.2) is 62.9 Å². The molecule has 0 amide bonds. The van der Waals surface area contributed by atoms with Crippen LogP contribution < -0.4 is 0 Å². The third-order valence-corrected chi connectivity index (χ3v) is 8.39. The minimum atomic E-state index is 0.354. The fourth-order valence-electron chi connectivity index (χ4n) is 6.80. The first-order chi connectivity index (χ1) is 14.8. The molecule has 0 heterocycles. The van der Waals surface area contributed by atoms with Crippen molar-refractivity contribution in [3.8, 4) is 5.75 Å². The summed E-state index contributed by atoms with van der Waals surface area (Å²) in [7, 11) is 8.33. The van der Waals surface area contributed by atoms with Crippen molar-refractivity contribution in [2.45, 2.75) is 57.9 Å². The molecular formula is C27H42N2O2. The molecule has 0 bridgehead atoms. The highest BCUT2D eigenvalue weighted by atomic mass is 16.5. The second kappa shape index (κ2) is 9.25. The summed E-state index contributed by atoms with van der Waals surface area (Å²) in [4.78, 5) is 4.32. The molecule has 4 heteroatoms. The average molecular weight is 427 g/mol. The fraction of sp³-hybridized carbons (Fsp3) is 0.704. The van der Waals surface area contributed by atoms with Gasteiger partial charge in [0, 0.05) is 18.7 Å². The van der Waals surface area contributed by atoms with Gasteiger partial charge in [-0.25, -0.2) is 0 Å². The quantitative estimate of drug-likeness (QED) is 0.501. The minimum absolute atomic E-state index is 0.354. The topological polar surface area (TPSA) is 35.9 Å². The largest absolute Gasteiger partial charge is 0.508 e. The lowest BCUT2D eigenvalue weighted by Gasteiger charge is -2.49. The molecule has 0 radical (unpaired) electrons. The van der Waals surface area contributed by atoms with E-state index < -0.39 is 0 Å². The number of hydrogen-bond acceptors (Lipinski definition) is 4. The van der Waals surface area contributed by atoms with Crippen molar-refractivity contribution in [2.75, 3.05) is 47.9 Å². The molecule has 31 heavy (non-hydrogen) atoms. The van der Waals surface area contributed by atoms with E-state index >= 15 is 0 Å². The lowest BCUT2D eigenvalue weighted by atomic mass is 9.55. The van der Waals surface area contributed by atoms with Crippen LogP contribution >= 0.6 is 0 Å². The van der Waals surface area contributed by atoms with Crippen molar-refractivity contribution in [3.05, 3.63) is 40.5 Å². The van der Waals surface area contributed by atoms with Crippen LogP contribution in [0, 0.1) is 17.3 Å². The minimum Gasteiger partial charge on any atom is -0.508 e. The molecule has 4 rings (SSSR count). The second-order valence-corrected chi connectivity index (χ2v) is 10.9. The van der Waals surface area contributed by atoms with Gasteiger partial charge in [-0.1, -0.05) is 24.6 Å². The maximum Gasteiger partial charge on any atom is 0.120 e. The van der Waals surface area contributed by atoms with Crippen LogP contribution in [0.4, 0.5) is 0 Å². The maximum absolute atomic E-state index is 10.5. The molecule has 172 valence electrons. The van der Waals surface area contributed by atoms with Crippen LogP contribution in [0.5, 0.6) is 5.75 Å². The Labute approximate surface area is 189 Å². The molecule has 3 aliphatic carbocycles. The lowest BCUT2D eigenvalue weighted by Crippen LogP contribution is -2.40. The Morgan fingerprint density at radius 3 is 2.65 bits per heavy atom. The molecule has 3 aliphatic rings. The summed E-state index contributed by atoms with van der Waals surface area (Å²) in [6, 6.07) is 4.41. The Kier molecular flexibility index (Phi) is 6.81. The number of fused-ring (bicyclic) bond motifs is 5. The van der Waals surface area contributed by atoms with E-state index in [-0.39, 0.29) is 0 Å². The summed E-state index contributed by atoms with van der Waals surface area (Å²) in [6.07, 6.45) is 9.94. The Hall–Kier alpha value is -1.36. The van der Waals surface area contributed by atoms with Gasteiger partial charge in [0.05, 0.1) is 13.2 Å². The monoisotopic (exact) mass is 426 g/mol. The van der Waals surface area contributed by atoms with Crippen molar-refractivity contribution in [1.82, 2.24) is 9.80 Å². The Balaban J connectivity index is 1.50. The van der Waals surface area contributed by atoms with Gasteiger partial charge in [0.15, 0.2) is 0 Å². The number of phenols is 1. The van der Waals surface area contributed by atoms with E-state index in [0.717, 1.165) is 50.1 Å². The van der Waals surface area contributed by atoms with Crippen molar-refractivity contribution < 1.29 is 9.84 Å². The highest BCUT2D eigenvalue weighted by molar-refractivity contribution is 5.46. The molecule has 2 fully saturated rings. The third kappa shape index (κ3) is 4.58. The maximum atomic E-state index is 10.5. The van der Waals surface area contributed by atoms with Gasteiger partial charge in [-0.15, -0.1) is 0 Å². The van der Waals surface area contributed by atoms with Gasteiger partial charge in [0.1, 0.15) is 5.75 Å². The number of rotatable bonds is 7. The first-order valence-corrected chi connectivity index (χ1v) is 12.2. The Morgan fingerprint density at radius 1 is 1.10 bits per heavy atom. The number of nitrogens with zero attached hydrogens (tertiary/aromatic N) is 2. The Bertz CT molecular complexity index is 816. The van der Waals surface area contributed by atoms with E-state index in [1.807, 2.05) is 0 Å². The van der Waals surface area contributed by atoms with Gasteiger partial charge in [-0.05, 0) is 107 Å². The van der Waals surface area contributed by atoms with Crippen LogP contribution in [0.2, 0.25) is 0 Å². The first kappa shape index (κ1) is 22.8. The summed E-state index contributed by atoms with van der Waals surface area (Å²) in [5, 5.41) is 10.5. The lowest BCUT2D eigenvalue weighted by molar-refractivity contribution is 0.0801. The number of ether oxygens (including phenoxy) is 1. The summed E-state index contributed by atoms with van der Waals surface area (Å²) >= 11 is 0. The number of aryl methyl sites for hydroxylation is 1. The zero-order valence-electron chi connectivity index (χ0n) is 20.3. The third-order valence-electron chi connectivity index (χ3n) is 8.39. The smallest absolute Gasteiger partial charge is 0.120 e. The molecule has 0 aromatic heterocycles. The van der Waals surface area contributed by atoms with E-state index in [9.17, 15) is 5.11 Å². The van der Waals surface area contributed by atoms with E-state index in [2.05, 4.69) is 63.1 Å². The van der Waals surface area contributed by atoms with Gasteiger partial charge in [-0.3, -0.25) is 0 Å². The molecule has 0 saturated heterocycles. The number of likely N-dealkylation sites (N-methyl/N-ethyl adjacent to an activating group) is 1. The normalized spacial score (nSPS) is 31.2. The van der Waals surface area contributed by atoms with Crippen LogP contribution in [0.1, 0.15) is 61.6 Å². The van der Waals surface area contributed by atoms with Gasteiger partial charge in [0.2, 0.25) is 0 Å². The molecule has 4 atom stereocenters. The summed E-state index contributed by atoms with van der Waals surface area (Å²) in [6.45, 7) is 5.89. The summed E-state index contributed by atoms with van der Waals surface area (Å²) in [5.74, 6) is 2.72. The highest BCUT2D eigenvalue weighted by Gasteiger charge is 2.52. The molecule has 0 spiro atoms. The number of phenolic OH excluding ortho intramolecular Hbond substituents is 1. The van der Waals surface area contributed by atoms with E-state index in [4.69, 9.17) is 4.74 Å². The summed E-state index contributed by atoms with van der Waals surface area (Å²) < 4.78 is 5.89. The van der Waals surface area contributed by atoms with Crippen molar-refractivity contribution in [3.63, 3.8) is 0 Å². The van der Waals surface area contributed by atoms with Gasteiger partial charge < -0.3 is 19.6 Å². The molecule has 1 aromatic carbocycles. The number of aromatic hydroxyl groups is 1. The zero-order chi connectivity index (χ0) is 22.2. The molecular weight excluding hydrogens is 384 g/mol. The standard InChI is InChI=1S/C27H42N2O2/c1-27-12-10-22-23(25(27)9-7-21(27)11-14-31-15-13-28(2)3)8-6-19-17-26(30)20(16-24(19)22)18-29(4)5/h11,16-17,22-23,25,30H,6-10,12-15,18H2,1-5H3/b21-11+. The first-order valence-electron chi connectivity index (χ1n) is 12.2. The van der Waals surface area contributed by atoms with Crippen molar-refractivity contribution in [1.29, 1.82) is 0 Å². The molecule has 2 saturated carbocycles.